The quantitative estimate of drug-likeness (QED) is 0.564. The highest BCUT2D eigenvalue weighted by atomic mass is 32.1. The summed E-state index contributed by atoms with van der Waals surface area (Å²) in [5.74, 6) is 0.347. The molecule has 1 aliphatic rings. The topological polar surface area (TPSA) is 78.3 Å². The molecule has 31 heavy (non-hydrogen) atoms. The van der Waals surface area contributed by atoms with Crippen LogP contribution in [0.1, 0.15) is 48.4 Å². The molecule has 0 saturated carbocycles. The van der Waals surface area contributed by atoms with Crippen molar-refractivity contribution in [3.63, 3.8) is 0 Å². The number of aromatic nitrogens is 3. The third-order valence-electron chi connectivity index (χ3n) is 5.53. The van der Waals surface area contributed by atoms with Gasteiger partial charge < -0.3 is 14.0 Å². The summed E-state index contributed by atoms with van der Waals surface area (Å²) in [4.78, 5) is 21.5. The van der Waals surface area contributed by atoms with E-state index in [1.54, 1.807) is 12.4 Å². The van der Waals surface area contributed by atoms with Crippen LogP contribution in [0.3, 0.4) is 0 Å². The molecule has 0 aliphatic carbocycles. The average molecular weight is 441 g/mol. The maximum Gasteiger partial charge on any atom is 0.274 e. The highest BCUT2D eigenvalue weighted by Gasteiger charge is 2.27. The highest BCUT2D eigenvalue weighted by molar-refractivity contribution is 7.14. The number of amides is 1. The standard InChI is InChI=1S/C23H28N4O3S/c1-23(2,30-15-18-7-12-29-13-8-18)20-16-31-22(25-20)26-21(28)19-4-3-11-27(19)14-17-5-9-24-10-6-17/h3-6,9-11,16,18H,7-8,12-15H2,1-2H3,(H,25,26,28). The first kappa shape index (κ1) is 21.7. The molecule has 1 fully saturated rings. The van der Waals surface area contributed by atoms with E-state index < -0.39 is 5.60 Å². The van der Waals surface area contributed by atoms with E-state index in [0.29, 0.717) is 29.9 Å². The molecule has 0 aromatic carbocycles. The van der Waals surface area contributed by atoms with Crippen LogP contribution in [0, 0.1) is 5.92 Å². The Bertz CT molecular complexity index is 993. The van der Waals surface area contributed by atoms with Gasteiger partial charge in [0.1, 0.15) is 11.3 Å². The monoisotopic (exact) mass is 440 g/mol. The molecular weight excluding hydrogens is 412 g/mol. The number of rotatable bonds is 8. The number of ether oxygens (including phenoxy) is 2. The minimum atomic E-state index is -0.515. The lowest BCUT2D eigenvalue weighted by Gasteiger charge is -2.28. The van der Waals surface area contributed by atoms with Crippen molar-refractivity contribution in [2.45, 2.75) is 38.8 Å². The fraction of sp³-hybridized carbons (Fsp3) is 0.435. The van der Waals surface area contributed by atoms with Crippen molar-refractivity contribution < 1.29 is 14.3 Å². The first-order valence-electron chi connectivity index (χ1n) is 10.5. The lowest BCUT2D eigenvalue weighted by atomic mass is 10.0. The van der Waals surface area contributed by atoms with Gasteiger partial charge >= 0.3 is 0 Å². The lowest BCUT2D eigenvalue weighted by molar-refractivity contribution is -0.0608. The van der Waals surface area contributed by atoms with E-state index >= 15 is 0 Å². The summed E-state index contributed by atoms with van der Waals surface area (Å²) in [7, 11) is 0. The summed E-state index contributed by atoms with van der Waals surface area (Å²) in [6.45, 7) is 6.96. The van der Waals surface area contributed by atoms with E-state index in [1.165, 1.54) is 11.3 Å². The predicted octanol–water partition coefficient (Wildman–Crippen LogP) is 4.32. The number of anilines is 1. The van der Waals surface area contributed by atoms with Gasteiger partial charge in [-0.1, -0.05) is 0 Å². The number of nitrogens with zero attached hydrogens (tertiary/aromatic N) is 3. The minimum absolute atomic E-state index is 0.180. The van der Waals surface area contributed by atoms with E-state index in [2.05, 4.69) is 15.3 Å². The maximum atomic E-state index is 12.9. The molecule has 0 spiro atoms. The summed E-state index contributed by atoms with van der Waals surface area (Å²) >= 11 is 1.41. The van der Waals surface area contributed by atoms with Crippen LogP contribution in [0.15, 0.2) is 48.2 Å². The lowest BCUT2D eigenvalue weighted by Crippen LogP contribution is -2.28. The van der Waals surface area contributed by atoms with Gasteiger partial charge in [-0.2, -0.15) is 0 Å². The van der Waals surface area contributed by atoms with Crippen molar-refractivity contribution in [3.05, 3.63) is 65.2 Å². The second-order valence-corrected chi connectivity index (χ2v) is 9.10. The van der Waals surface area contributed by atoms with Crippen molar-refractivity contribution in [2.24, 2.45) is 5.92 Å². The second kappa shape index (κ2) is 9.72. The summed E-state index contributed by atoms with van der Waals surface area (Å²) in [6, 6.07) is 7.57. The summed E-state index contributed by atoms with van der Waals surface area (Å²) in [6.07, 6.45) is 7.47. The predicted molar refractivity (Wildman–Crippen MR) is 120 cm³/mol. The zero-order valence-electron chi connectivity index (χ0n) is 17.9. The van der Waals surface area contributed by atoms with E-state index in [4.69, 9.17) is 9.47 Å². The smallest absolute Gasteiger partial charge is 0.274 e. The van der Waals surface area contributed by atoms with Crippen LogP contribution >= 0.6 is 11.3 Å². The molecule has 0 atom stereocenters. The fourth-order valence-electron chi connectivity index (χ4n) is 3.53. The molecule has 0 radical (unpaired) electrons. The van der Waals surface area contributed by atoms with Crippen LogP contribution in [-0.4, -0.2) is 40.3 Å². The van der Waals surface area contributed by atoms with Gasteiger partial charge in [-0.3, -0.25) is 15.1 Å². The zero-order valence-corrected chi connectivity index (χ0v) is 18.7. The molecule has 0 bridgehead atoms. The van der Waals surface area contributed by atoms with E-state index in [1.807, 2.05) is 54.3 Å². The highest BCUT2D eigenvalue weighted by Crippen LogP contribution is 2.30. The number of thiazole rings is 1. The Morgan fingerprint density at radius 3 is 2.84 bits per heavy atom. The van der Waals surface area contributed by atoms with Gasteiger partial charge in [-0.15, -0.1) is 11.3 Å². The van der Waals surface area contributed by atoms with Gasteiger partial charge in [0, 0.05) is 43.7 Å². The Balaban J connectivity index is 1.37. The third kappa shape index (κ3) is 5.58. The Kier molecular flexibility index (Phi) is 6.80. The molecule has 164 valence electrons. The third-order valence-corrected chi connectivity index (χ3v) is 6.28. The van der Waals surface area contributed by atoms with Crippen LogP contribution in [0.2, 0.25) is 0 Å². The fourth-order valence-corrected chi connectivity index (χ4v) is 4.39. The Labute approximate surface area is 186 Å². The number of carbonyl (C=O) groups excluding carboxylic acids is 1. The molecule has 8 heteroatoms. The van der Waals surface area contributed by atoms with Gasteiger partial charge in [0.2, 0.25) is 0 Å². The molecule has 0 unspecified atom stereocenters. The number of hydrogen-bond acceptors (Lipinski definition) is 6. The van der Waals surface area contributed by atoms with Gasteiger partial charge in [0.25, 0.3) is 5.91 Å². The molecule has 3 aromatic rings. The average Bonchev–Trinajstić information content (AvgIpc) is 3.44. The van der Waals surface area contributed by atoms with Crippen molar-refractivity contribution in [1.82, 2.24) is 14.5 Å². The van der Waals surface area contributed by atoms with Crippen molar-refractivity contribution in [3.8, 4) is 0 Å². The van der Waals surface area contributed by atoms with Crippen LogP contribution in [0.5, 0.6) is 0 Å². The van der Waals surface area contributed by atoms with Crippen molar-refractivity contribution >= 4 is 22.4 Å². The number of pyridine rings is 1. The Morgan fingerprint density at radius 1 is 1.29 bits per heavy atom. The minimum Gasteiger partial charge on any atom is -0.381 e. The summed E-state index contributed by atoms with van der Waals surface area (Å²) < 4.78 is 13.5. The van der Waals surface area contributed by atoms with Gasteiger partial charge in [-0.25, -0.2) is 4.98 Å². The maximum absolute atomic E-state index is 12.9. The van der Waals surface area contributed by atoms with Crippen LogP contribution in [0.25, 0.3) is 0 Å². The molecule has 1 amide bonds. The van der Waals surface area contributed by atoms with E-state index in [0.717, 1.165) is 37.3 Å². The first-order chi connectivity index (χ1) is 15.0. The normalized spacial score (nSPS) is 15.2. The largest absolute Gasteiger partial charge is 0.381 e. The molecule has 7 nitrogen and oxygen atoms in total. The van der Waals surface area contributed by atoms with Crippen molar-refractivity contribution in [1.29, 1.82) is 0 Å². The van der Waals surface area contributed by atoms with Crippen LogP contribution in [-0.2, 0) is 21.6 Å². The first-order valence-corrected chi connectivity index (χ1v) is 11.4. The second-order valence-electron chi connectivity index (χ2n) is 8.25. The van der Waals surface area contributed by atoms with E-state index in [9.17, 15) is 4.79 Å². The van der Waals surface area contributed by atoms with Gasteiger partial charge in [-0.05, 0) is 62.4 Å². The van der Waals surface area contributed by atoms with Crippen molar-refractivity contribution in [2.75, 3.05) is 25.1 Å². The summed E-state index contributed by atoms with van der Waals surface area (Å²) in [5.41, 5.74) is 1.98. The van der Waals surface area contributed by atoms with Gasteiger partial charge in [0.05, 0.1) is 12.3 Å². The molecule has 4 rings (SSSR count). The molecular formula is C23H28N4O3S. The van der Waals surface area contributed by atoms with Gasteiger partial charge in [0.15, 0.2) is 5.13 Å². The number of hydrogen-bond donors (Lipinski definition) is 1. The van der Waals surface area contributed by atoms with Crippen LogP contribution in [0.4, 0.5) is 5.13 Å². The Morgan fingerprint density at radius 2 is 2.06 bits per heavy atom. The Hall–Kier alpha value is -2.55. The SMILES string of the molecule is CC(C)(OCC1CCOCC1)c1csc(NC(=O)c2cccn2Cc2ccncc2)n1. The molecule has 3 aromatic heterocycles. The number of carbonyl (C=O) groups is 1. The number of nitrogens with one attached hydrogen (secondary N) is 1. The molecule has 1 saturated heterocycles. The molecule has 4 heterocycles. The summed E-state index contributed by atoms with van der Waals surface area (Å²) in [5, 5.41) is 5.45. The molecule has 1 aliphatic heterocycles. The van der Waals surface area contributed by atoms with E-state index in [-0.39, 0.29) is 5.91 Å². The zero-order chi connectivity index (χ0) is 21.7. The molecule has 1 N–H and O–H groups in total. The van der Waals surface area contributed by atoms with Crippen LogP contribution < -0.4 is 5.32 Å².